The maximum atomic E-state index is 12.9. The predicted octanol–water partition coefficient (Wildman–Crippen LogP) is 3.82. The molecule has 0 bridgehead atoms. The van der Waals surface area contributed by atoms with Gasteiger partial charge in [-0.2, -0.15) is 0 Å². The lowest BCUT2D eigenvalue weighted by Crippen LogP contribution is -2.35. The topological polar surface area (TPSA) is 68.3 Å². The summed E-state index contributed by atoms with van der Waals surface area (Å²) >= 11 is 0. The molecule has 3 rings (SSSR count). The van der Waals surface area contributed by atoms with Crippen molar-refractivity contribution in [2.75, 3.05) is 6.61 Å². The molecule has 0 fully saturated rings. The second-order valence-electron chi connectivity index (χ2n) is 7.61. The number of benzene rings is 1. The van der Waals surface area contributed by atoms with Crippen molar-refractivity contribution in [3.8, 4) is 0 Å². The van der Waals surface area contributed by atoms with E-state index >= 15 is 0 Å². The lowest BCUT2D eigenvalue weighted by molar-refractivity contribution is -0.124. The number of carbonyl (C=O) groups is 2. The van der Waals surface area contributed by atoms with Crippen LogP contribution in [-0.2, 0) is 22.4 Å². The summed E-state index contributed by atoms with van der Waals surface area (Å²) in [6.07, 6.45) is 4.66. The van der Waals surface area contributed by atoms with Crippen LogP contribution in [0.3, 0.4) is 0 Å². The van der Waals surface area contributed by atoms with Gasteiger partial charge in [0.05, 0.1) is 11.1 Å². The third-order valence-electron chi connectivity index (χ3n) is 5.17. The van der Waals surface area contributed by atoms with Crippen LogP contribution in [0, 0.1) is 5.92 Å². The van der Waals surface area contributed by atoms with Gasteiger partial charge in [-0.05, 0) is 50.2 Å². The van der Waals surface area contributed by atoms with Crippen LogP contribution in [0.2, 0.25) is 0 Å². The molecule has 144 valence electrons. The Morgan fingerprint density at radius 1 is 1.33 bits per heavy atom. The highest BCUT2D eigenvalue weighted by Gasteiger charge is 2.26. The van der Waals surface area contributed by atoms with E-state index in [0.29, 0.717) is 11.5 Å². The van der Waals surface area contributed by atoms with E-state index in [1.807, 2.05) is 31.2 Å². The van der Waals surface area contributed by atoms with Crippen LogP contribution < -0.4 is 5.32 Å². The molecule has 2 atom stereocenters. The van der Waals surface area contributed by atoms with E-state index < -0.39 is 5.97 Å². The molecule has 27 heavy (non-hydrogen) atoms. The first-order valence-electron chi connectivity index (χ1n) is 9.86. The lowest BCUT2D eigenvalue weighted by Gasteiger charge is -2.24. The van der Waals surface area contributed by atoms with Crippen LogP contribution in [-0.4, -0.2) is 29.5 Å². The van der Waals surface area contributed by atoms with Gasteiger partial charge in [-0.1, -0.05) is 38.5 Å². The van der Waals surface area contributed by atoms with Crippen LogP contribution in [0.15, 0.2) is 24.3 Å². The second-order valence-corrected chi connectivity index (χ2v) is 7.61. The van der Waals surface area contributed by atoms with Gasteiger partial charge in [0.1, 0.15) is 0 Å². The molecule has 0 saturated heterocycles. The number of esters is 1. The summed E-state index contributed by atoms with van der Waals surface area (Å²) in [6.45, 7) is 5.96. The normalized spacial score (nSPS) is 17.2. The van der Waals surface area contributed by atoms with E-state index in [1.165, 1.54) is 0 Å². The van der Waals surface area contributed by atoms with Gasteiger partial charge in [0.25, 0.3) is 5.91 Å². The zero-order valence-corrected chi connectivity index (χ0v) is 16.4. The van der Waals surface area contributed by atoms with Crippen LogP contribution in [0.4, 0.5) is 0 Å². The molecule has 2 aromatic rings. The molecule has 1 aliphatic carbocycles. The zero-order valence-electron chi connectivity index (χ0n) is 16.4. The van der Waals surface area contributed by atoms with Crippen molar-refractivity contribution in [3.05, 3.63) is 41.1 Å². The van der Waals surface area contributed by atoms with Gasteiger partial charge >= 0.3 is 5.97 Å². The molecular formula is C22H28N2O3. The summed E-state index contributed by atoms with van der Waals surface area (Å²) in [5, 5.41) is 3.67. The number of aromatic nitrogens is 1. The first kappa shape index (κ1) is 19.3. The average molecular weight is 368 g/mol. The minimum absolute atomic E-state index is 0.0802. The molecule has 5 nitrogen and oxygen atoms in total. The van der Waals surface area contributed by atoms with Gasteiger partial charge in [-0.25, -0.2) is 4.79 Å². The Labute approximate surface area is 160 Å². The van der Waals surface area contributed by atoms with Crippen LogP contribution in [0.1, 0.15) is 61.6 Å². The predicted molar refractivity (Wildman–Crippen MR) is 106 cm³/mol. The summed E-state index contributed by atoms with van der Waals surface area (Å²) in [6, 6.07) is 7.73. The standard InChI is InChI=1S/C22H28N2O3/c1-4-7-15(3)23-20(25)13-27-22(26)21-16-8-5-6-9-18(16)24-19-11-10-14(2)12-17(19)21/h5-6,8-9,14-15H,4,7,10-13H2,1-3H3,(H,23,25)/t14-,15-/m1/s1. The number of hydrogen-bond acceptors (Lipinski definition) is 4. The van der Waals surface area contributed by atoms with Crippen molar-refractivity contribution in [2.24, 2.45) is 5.92 Å². The number of ether oxygens (including phenoxy) is 1. The molecule has 0 saturated carbocycles. The molecule has 1 heterocycles. The summed E-state index contributed by atoms with van der Waals surface area (Å²) in [7, 11) is 0. The first-order chi connectivity index (χ1) is 13.0. The number of aryl methyl sites for hydroxylation is 1. The Kier molecular flexibility index (Phi) is 6.09. The smallest absolute Gasteiger partial charge is 0.339 e. The average Bonchev–Trinajstić information content (AvgIpc) is 2.64. The van der Waals surface area contributed by atoms with E-state index in [-0.39, 0.29) is 18.6 Å². The third kappa shape index (κ3) is 4.46. The fourth-order valence-electron chi connectivity index (χ4n) is 3.82. The monoisotopic (exact) mass is 368 g/mol. The number of nitrogens with zero attached hydrogens (tertiary/aromatic N) is 1. The number of amides is 1. The summed E-state index contributed by atoms with van der Waals surface area (Å²) < 4.78 is 5.40. The fourth-order valence-corrected chi connectivity index (χ4v) is 3.82. The van der Waals surface area contributed by atoms with Crippen molar-refractivity contribution in [2.45, 2.75) is 58.9 Å². The maximum Gasteiger partial charge on any atom is 0.339 e. The molecule has 1 aromatic heterocycles. The summed E-state index contributed by atoms with van der Waals surface area (Å²) in [5.41, 5.74) is 3.35. The minimum atomic E-state index is -0.433. The van der Waals surface area contributed by atoms with Crippen molar-refractivity contribution in [1.82, 2.24) is 10.3 Å². The SMILES string of the molecule is CCC[C@@H](C)NC(=O)COC(=O)c1c2c(nc3ccccc13)CC[C@@H](C)C2. The van der Waals surface area contributed by atoms with Crippen molar-refractivity contribution in [3.63, 3.8) is 0 Å². The molecule has 1 amide bonds. The first-order valence-corrected chi connectivity index (χ1v) is 9.86. The van der Waals surface area contributed by atoms with Crippen LogP contribution in [0.25, 0.3) is 10.9 Å². The number of carbonyl (C=O) groups excluding carboxylic acids is 2. The van der Waals surface area contributed by atoms with Crippen LogP contribution >= 0.6 is 0 Å². The Bertz CT molecular complexity index is 847. The van der Waals surface area contributed by atoms with Gasteiger partial charge in [-0.15, -0.1) is 0 Å². The van der Waals surface area contributed by atoms with Crippen LogP contribution in [0.5, 0.6) is 0 Å². The van der Waals surface area contributed by atoms with E-state index in [0.717, 1.165) is 54.3 Å². The molecule has 1 aliphatic rings. The molecule has 0 unspecified atom stereocenters. The lowest BCUT2D eigenvalue weighted by atomic mass is 9.84. The maximum absolute atomic E-state index is 12.9. The van der Waals surface area contributed by atoms with Crippen molar-refractivity contribution < 1.29 is 14.3 Å². The number of pyridine rings is 1. The fraction of sp³-hybridized carbons (Fsp3) is 0.500. The Morgan fingerprint density at radius 3 is 2.89 bits per heavy atom. The Balaban J connectivity index is 1.83. The van der Waals surface area contributed by atoms with E-state index in [4.69, 9.17) is 9.72 Å². The molecular weight excluding hydrogens is 340 g/mol. The highest BCUT2D eigenvalue weighted by molar-refractivity contribution is 6.05. The number of nitrogens with one attached hydrogen (secondary N) is 1. The molecule has 1 N–H and O–H groups in total. The molecule has 5 heteroatoms. The summed E-state index contributed by atoms with van der Waals surface area (Å²) in [5.74, 6) is -0.188. The van der Waals surface area contributed by atoms with E-state index in [2.05, 4.69) is 19.2 Å². The highest BCUT2D eigenvalue weighted by atomic mass is 16.5. The number of hydrogen-bond donors (Lipinski definition) is 1. The molecule has 0 spiro atoms. The molecule has 0 radical (unpaired) electrons. The third-order valence-corrected chi connectivity index (χ3v) is 5.17. The largest absolute Gasteiger partial charge is 0.452 e. The van der Waals surface area contributed by atoms with Crippen molar-refractivity contribution >= 4 is 22.8 Å². The van der Waals surface area contributed by atoms with Gasteiger partial charge in [0.15, 0.2) is 6.61 Å². The van der Waals surface area contributed by atoms with Gasteiger partial charge in [0, 0.05) is 17.1 Å². The Morgan fingerprint density at radius 2 is 2.11 bits per heavy atom. The van der Waals surface area contributed by atoms with Gasteiger partial charge in [0.2, 0.25) is 0 Å². The van der Waals surface area contributed by atoms with Gasteiger partial charge in [-0.3, -0.25) is 9.78 Å². The van der Waals surface area contributed by atoms with E-state index in [1.54, 1.807) is 0 Å². The number of para-hydroxylation sites is 1. The van der Waals surface area contributed by atoms with E-state index in [9.17, 15) is 9.59 Å². The minimum Gasteiger partial charge on any atom is -0.452 e. The Hall–Kier alpha value is -2.43. The molecule has 1 aromatic carbocycles. The van der Waals surface area contributed by atoms with Crippen molar-refractivity contribution in [1.29, 1.82) is 0 Å². The quantitative estimate of drug-likeness (QED) is 0.787. The second kappa shape index (κ2) is 8.51. The zero-order chi connectivity index (χ0) is 19.4. The highest BCUT2D eigenvalue weighted by Crippen LogP contribution is 2.31. The summed E-state index contributed by atoms with van der Waals surface area (Å²) in [4.78, 5) is 29.8. The number of fused-ring (bicyclic) bond motifs is 2. The van der Waals surface area contributed by atoms with Gasteiger partial charge < -0.3 is 10.1 Å². The number of rotatable bonds is 6. The molecule has 0 aliphatic heterocycles.